The number of hydrogen-bond donors (Lipinski definition) is 0. The third kappa shape index (κ3) is 59.1. The van der Waals surface area contributed by atoms with Gasteiger partial charge in [0.2, 0.25) is 0 Å². The lowest BCUT2D eigenvalue weighted by atomic mass is 10.1. The summed E-state index contributed by atoms with van der Waals surface area (Å²) in [7, 11) is 0. The molecule has 0 rings (SSSR count). The van der Waals surface area contributed by atoms with Gasteiger partial charge in [0.1, 0.15) is 6.61 Å². The molecule has 0 radical (unpaired) electrons. The lowest BCUT2D eigenvalue weighted by molar-refractivity contribution is -0.163. The van der Waals surface area contributed by atoms with E-state index in [1.807, 2.05) is 0 Å². The van der Waals surface area contributed by atoms with Gasteiger partial charge in [-0.25, -0.2) is 0 Å². The zero-order chi connectivity index (χ0) is 52.0. The molecular weight excluding hydrogens is 885 g/mol. The van der Waals surface area contributed by atoms with Crippen molar-refractivity contribution in [3.8, 4) is 0 Å². The van der Waals surface area contributed by atoms with Crippen LogP contribution in [-0.4, -0.2) is 37.9 Å². The molecule has 0 heterocycles. The van der Waals surface area contributed by atoms with Crippen molar-refractivity contribution in [2.45, 2.75) is 284 Å². The molecule has 0 saturated carbocycles. The first-order valence-corrected chi connectivity index (χ1v) is 30.4. The fraction of sp³-hybridized carbons (Fsp3) is 0.701. The average molecular weight is 1000 g/mol. The molecule has 0 aromatic rings. The van der Waals surface area contributed by atoms with E-state index in [4.69, 9.17) is 14.2 Å². The van der Waals surface area contributed by atoms with Gasteiger partial charge in [-0.15, -0.1) is 0 Å². The lowest BCUT2D eigenvalue weighted by Gasteiger charge is -2.18. The number of esters is 2. The second kappa shape index (κ2) is 61.9. The summed E-state index contributed by atoms with van der Waals surface area (Å²) in [6.45, 7) is 7.57. The van der Waals surface area contributed by atoms with Gasteiger partial charge in [0, 0.05) is 19.4 Å². The quantitative estimate of drug-likeness (QED) is 0.0345. The van der Waals surface area contributed by atoms with Crippen molar-refractivity contribution in [3.63, 3.8) is 0 Å². The molecule has 412 valence electrons. The number of allylic oxidation sites excluding steroid dienone is 18. The molecule has 0 bridgehead atoms. The number of hydrogen-bond acceptors (Lipinski definition) is 5. The summed E-state index contributed by atoms with van der Waals surface area (Å²) in [5.41, 5.74) is 0. The van der Waals surface area contributed by atoms with Gasteiger partial charge >= 0.3 is 11.9 Å². The van der Waals surface area contributed by atoms with E-state index in [0.717, 1.165) is 109 Å². The van der Waals surface area contributed by atoms with Crippen molar-refractivity contribution in [1.82, 2.24) is 0 Å². The normalized spacial score (nSPS) is 13.0. The number of carbonyl (C=O) groups is 2. The summed E-state index contributed by atoms with van der Waals surface area (Å²) >= 11 is 0. The molecule has 72 heavy (non-hydrogen) atoms. The van der Waals surface area contributed by atoms with Crippen LogP contribution >= 0.6 is 0 Å². The van der Waals surface area contributed by atoms with E-state index >= 15 is 0 Å². The van der Waals surface area contributed by atoms with Gasteiger partial charge in [0.25, 0.3) is 0 Å². The van der Waals surface area contributed by atoms with E-state index in [0.29, 0.717) is 19.4 Å². The first-order valence-electron chi connectivity index (χ1n) is 30.4. The predicted molar refractivity (Wildman–Crippen MR) is 316 cm³/mol. The first-order chi connectivity index (χ1) is 35.6. The summed E-state index contributed by atoms with van der Waals surface area (Å²) in [5, 5.41) is 0. The lowest BCUT2D eigenvalue weighted by Crippen LogP contribution is -2.30. The molecule has 0 aromatic carbocycles. The first kappa shape index (κ1) is 68.6. The van der Waals surface area contributed by atoms with Crippen molar-refractivity contribution in [2.75, 3.05) is 19.8 Å². The average Bonchev–Trinajstić information content (AvgIpc) is 3.38. The fourth-order valence-corrected chi connectivity index (χ4v) is 8.31. The van der Waals surface area contributed by atoms with Crippen molar-refractivity contribution in [1.29, 1.82) is 0 Å². The molecule has 0 spiro atoms. The van der Waals surface area contributed by atoms with Crippen molar-refractivity contribution < 1.29 is 23.8 Å². The third-order valence-electron chi connectivity index (χ3n) is 12.8. The highest BCUT2D eigenvalue weighted by molar-refractivity contribution is 5.70. The molecule has 5 nitrogen and oxygen atoms in total. The summed E-state index contributed by atoms with van der Waals surface area (Å²) in [6.07, 6.45) is 85.5. The molecule has 0 N–H and O–H groups in total. The van der Waals surface area contributed by atoms with Gasteiger partial charge < -0.3 is 14.2 Å². The van der Waals surface area contributed by atoms with E-state index in [9.17, 15) is 9.59 Å². The molecular formula is C67H114O5. The Bertz CT molecular complexity index is 1410. The SMILES string of the molecule is CC/C=C\C/C=C\C/C=C\C/C=C\C/C=C\CCCCCC(=O)OCC(COCCCCCCCCCC/C=C\C/C=C\C/C=C\CC)OC(=O)CCCCCCCCCCC/C=C\CCCCCCCC. The molecule has 0 aromatic heterocycles. The van der Waals surface area contributed by atoms with Crippen LogP contribution in [0.4, 0.5) is 0 Å². The van der Waals surface area contributed by atoms with E-state index in [-0.39, 0.29) is 25.2 Å². The predicted octanol–water partition coefficient (Wildman–Crippen LogP) is 21.1. The minimum atomic E-state index is -0.563. The van der Waals surface area contributed by atoms with Gasteiger partial charge in [-0.05, 0) is 122 Å². The largest absolute Gasteiger partial charge is 0.462 e. The Morgan fingerprint density at radius 2 is 0.625 bits per heavy atom. The van der Waals surface area contributed by atoms with E-state index < -0.39 is 6.10 Å². The van der Waals surface area contributed by atoms with Crippen LogP contribution in [0, 0.1) is 0 Å². The van der Waals surface area contributed by atoms with Gasteiger partial charge in [-0.1, -0.05) is 252 Å². The Morgan fingerprint density at radius 3 is 1.03 bits per heavy atom. The maximum absolute atomic E-state index is 12.9. The number of carbonyl (C=O) groups excluding carboxylic acids is 2. The van der Waals surface area contributed by atoms with E-state index in [2.05, 4.69) is 130 Å². The van der Waals surface area contributed by atoms with Crippen LogP contribution in [0.3, 0.4) is 0 Å². The Balaban J connectivity index is 4.36. The topological polar surface area (TPSA) is 61.8 Å². The second-order valence-electron chi connectivity index (χ2n) is 19.8. The van der Waals surface area contributed by atoms with Crippen LogP contribution in [0.2, 0.25) is 0 Å². The minimum absolute atomic E-state index is 0.0594. The Hall–Kier alpha value is -3.44. The highest BCUT2D eigenvalue weighted by atomic mass is 16.6. The van der Waals surface area contributed by atoms with Gasteiger partial charge in [0.05, 0.1) is 6.61 Å². The summed E-state index contributed by atoms with van der Waals surface area (Å²) in [5.74, 6) is -0.438. The van der Waals surface area contributed by atoms with E-state index in [1.54, 1.807) is 0 Å². The maximum Gasteiger partial charge on any atom is 0.306 e. The molecule has 0 aliphatic rings. The highest BCUT2D eigenvalue weighted by Gasteiger charge is 2.17. The van der Waals surface area contributed by atoms with Crippen LogP contribution in [0.15, 0.2) is 109 Å². The van der Waals surface area contributed by atoms with Crippen molar-refractivity contribution >= 4 is 11.9 Å². The summed E-state index contributed by atoms with van der Waals surface area (Å²) < 4.78 is 17.5. The van der Waals surface area contributed by atoms with Crippen molar-refractivity contribution in [3.05, 3.63) is 109 Å². The molecule has 1 unspecified atom stereocenters. The fourth-order valence-electron chi connectivity index (χ4n) is 8.31. The van der Waals surface area contributed by atoms with Crippen LogP contribution in [-0.2, 0) is 23.8 Å². The zero-order valence-corrected chi connectivity index (χ0v) is 47.4. The standard InChI is InChI=1S/C67H114O5/c1-4-7-10-13-16-19-22-25-28-31-34-36-39-42-45-48-51-54-57-60-66(68)71-64-65(63-70-62-59-56-53-50-47-44-41-38-33-30-27-24-21-18-15-12-9-6-3)72-67(69)61-58-55-52-49-46-43-40-37-35-32-29-26-23-20-17-14-11-8-5-2/h7,9-10,12,16,18-19,21,25-30,34,36,42,45,65H,4-6,8,11,13-15,17,20,22-24,31-33,35,37-41,43-44,46-64H2,1-3H3/b10-7-,12-9-,19-16-,21-18-,28-25-,29-26-,30-27-,36-34-,45-42-. The molecule has 1 atom stereocenters. The van der Waals surface area contributed by atoms with Gasteiger partial charge in [-0.2, -0.15) is 0 Å². The van der Waals surface area contributed by atoms with Gasteiger partial charge in [-0.3, -0.25) is 9.59 Å². The Labute approximate surface area is 446 Å². The number of rotatable bonds is 55. The third-order valence-corrected chi connectivity index (χ3v) is 12.8. The summed E-state index contributed by atoms with van der Waals surface area (Å²) in [6, 6.07) is 0. The van der Waals surface area contributed by atoms with E-state index in [1.165, 1.54) is 135 Å². The Kier molecular flexibility index (Phi) is 58.9. The summed E-state index contributed by atoms with van der Waals surface area (Å²) in [4.78, 5) is 25.6. The molecule has 0 amide bonds. The minimum Gasteiger partial charge on any atom is -0.462 e. The molecule has 0 aliphatic carbocycles. The smallest absolute Gasteiger partial charge is 0.306 e. The maximum atomic E-state index is 12.9. The van der Waals surface area contributed by atoms with Crippen LogP contribution in [0.1, 0.15) is 278 Å². The molecule has 0 aliphatic heterocycles. The van der Waals surface area contributed by atoms with Crippen molar-refractivity contribution in [2.24, 2.45) is 0 Å². The molecule has 0 fully saturated rings. The number of ether oxygens (including phenoxy) is 3. The van der Waals surface area contributed by atoms with Gasteiger partial charge in [0.15, 0.2) is 6.10 Å². The monoisotopic (exact) mass is 999 g/mol. The molecule has 0 saturated heterocycles. The van der Waals surface area contributed by atoms with Crippen LogP contribution in [0.5, 0.6) is 0 Å². The van der Waals surface area contributed by atoms with Crippen LogP contribution in [0.25, 0.3) is 0 Å². The second-order valence-corrected chi connectivity index (χ2v) is 19.8. The highest BCUT2D eigenvalue weighted by Crippen LogP contribution is 2.15. The zero-order valence-electron chi connectivity index (χ0n) is 47.4. The Morgan fingerprint density at radius 1 is 0.319 bits per heavy atom. The van der Waals surface area contributed by atoms with Crippen LogP contribution < -0.4 is 0 Å². The number of unbranched alkanes of at least 4 members (excludes halogenated alkanes) is 26. The molecule has 5 heteroatoms.